The third kappa shape index (κ3) is 8.49. The molecule has 32 heavy (non-hydrogen) atoms. The van der Waals surface area contributed by atoms with Crippen LogP contribution in [0.4, 0.5) is 0 Å². The fraction of sp³-hybridized carbons (Fsp3) is 1.00. The van der Waals surface area contributed by atoms with Crippen LogP contribution in [0, 0.1) is 0 Å². The zero-order valence-corrected chi connectivity index (χ0v) is 43.7. The monoisotopic (exact) mass is 1550 g/mol. The fourth-order valence-corrected chi connectivity index (χ4v) is 17.7. The molecule has 0 N–H and O–H groups in total. The van der Waals surface area contributed by atoms with Gasteiger partial charge in [-0.05, 0) is 26.1 Å². The van der Waals surface area contributed by atoms with Crippen molar-refractivity contribution in [3.05, 3.63) is 0 Å². The first kappa shape index (κ1) is 40.3. The van der Waals surface area contributed by atoms with E-state index < -0.39 is 33.1 Å². The molecule has 0 amide bonds. The van der Waals surface area contributed by atoms with Crippen LogP contribution < -0.4 is 0 Å². The molecule has 0 aliphatic carbocycles. The van der Waals surface area contributed by atoms with Crippen LogP contribution in [0.3, 0.4) is 0 Å². The molecule has 19 heteroatoms. The Bertz CT molecular complexity index is 660. The third-order valence-corrected chi connectivity index (χ3v) is 39.0. The first-order chi connectivity index (χ1) is 13.5. The van der Waals surface area contributed by atoms with Crippen molar-refractivity contribution in [2.45, 2.75) is 50.8 Å². The van der Waals surface area contributed by atoms with Gasteiger partial charge in [-0.2, -0.15) is 0 Å². The highest BCUT2D eigenvalue weighted by Crippen LogP contribution is 2.78. The summed E-state index contributed by atoms with van der Waals surface area (Å²) < 4.78 is -0.954. The topological polar surface area (TPSA) is 9.23 Å². The lowest BCUT2D eigenvalue weighted by molar-refractivity contribution is 0.298. The van der Waals surface area contributed by atoms with Crippen molar-refractivity contribution in [2.75, 3.05) is 6.61 Å². The summed E-state index contributed by atoms with van der Waals surface area (Å²) in [6.45, 7) is 7.05. The van der Waals surface area contributed by atoms with Crippen LogP contribution in [-0.2, 0) is 4.43 Å². The van der Waals surface area contributed by atoms with Gasteiger partial charge in [-0.25, -0.2) is 0 Å². The standard InChI is InChI=1S/C13H13Br17OSi/c1-32(2,3)31-5-4-6(14,15)7(16,17)8(18,19)9(20,21)10(22,23)11(24,25)12(26,27)13(28,29)30/h4-5H2,1-3H3. The van der Waals surface area contributed by atoms with Gasteiger partial charge in [-0.1, -0.05) is 271 Å². The van der Waals surface area contributed by atoms with E-state index in [4.69, 9.17) is 4.43 Å². The molecule has 0 saturated heterocycles. The molecule has 0 atom stereocenters. The second-order valence-electron chi connectivity index (χ2n) is 7.36. The van der Waals surface area contributed by atoms with Crippen molar-refractivity contribution < 1.29 is 4.43 Å². The molecule has 0 spiro atoms. The number of alkyl halides is 17. The Balaban J connectivity index is 6.41. The lowest BCUT2D eigenvalue weighted by Crippen LogP contribution is -2.68. The van der Waals surface area contributed by atoms with Gasteiger partial charge in [0.25, 0.3) is 0 Å². The number of hydrogen-bond donors (Lipinski definition) is 0. The highest BCUT2D eigenvalue weighted by Gasteiger charge is 2.77. The summed E-state index contributed by atoms with van der Waals surface area (Å²) in [5.41, 5.74) is 0. The summed E-state index contributed by atoms with van der Waals surface area (Å²) in [4.78, 5) is 0. The Morgan fingerprint density at radius 1 is 0.469 bits per heavy atom. The van der Waals surface area contributed by atoms with E-state index in [1.165, 1.54) is 0 Å². The molecule has 0 aromatic carbocycles. The van der Waals surface area contributed by atoms with Crippen molar-refractivity contribution in [2.24, 2.45) is 0 Å². The molecule has 0 heterocycles. The van der Waals surface area contributed by atoms with E-state index in [1.54, 1.807) is 0 Å². The minimum atomic E-state index is -1.66. The zero-order chi connectivity index (χ0) is 26.6. The lowest BCUT2D eigenvalue weighted by Gasteiger charge is -2.57. The quantitative estimate of drug-likeness (QED) is 0.156. The van der Waals surface area contributed by atoms with Crippen molar-refractivity contribution in [1.29, 1.82) is 0 Å². The summed E-state index contributed by atoms with van der Waals surface area (Å²) in [6, 6.07) is 0. The first-order valence-electron chi connectivity index (χ1n) is 7.81. The van der Waals surface area contributed by atoms with Crippen molar-refractivity contribution in [1.82, 2.24) is 0 Å². The molecule has 0 aliphatic heterocycles. The van der Waals surface area contributed by atoms with Gasteiger partial charge in [0.2, 0.25) is 0 Å². The number of rotatable bonds is 10. The van der Waals surface area contributed by atoms with Crippen LogP contribution in [-0.4, -0.2) is 39.7 Å². The first-order valence-corrected chi connectivity index (χ1v) is 24.7. The van der Waals surface area contributed by atoms with E-state index in [9.17, 15) is 0 Å². The van der Waals surface area contributed by atoms with E-state index in [2.05, 4.69) is 290 Å². The molecule has 194 valence electrons. The van der Waals surface area contributed by atoms with Crippen molar-refractivity contribution >= 4 is 279 Å². The molecule has 0 aliphatic rings. The molecule has 0 aromatic rings. The maximum atomic E-state index is 6.08. The summed E-state index contributed by atoms with van der Waals surface area (Å²) in [6.07, 6.45) is 0.641. The van der Waals surface area contributed by atoms with Crippen LogP contribution in [0.2, 0.25) is 19.6 Å². The highest BCUT2D eigenvalue weighted by atomic mass is 80.0. The lowest BCUT2D eigenvalue weighted by atomic mass is 10.1. The van der Waals surface area contributed by atoms with E-state index in [1.807, 2.05) is 0 Å². The van der Waals surface area contributed by atoms with E-state index in [0.29, 0.717) is 13.0 Å². The van der Waals surface area contributed by atoms with Gasteiger partial charge in [-0.15, -0.1) is 0 Å². The van der Waals surface area contributed by atoms with Crippen LogP contribution in [0.25, 0.3) is 0 Å². The largest absolute Gasteiger partial charge is 0.418 e. The molecule has 0 radical (unpaired) electrons. The molecule has 0 aromatic heterocycles. The minimum absolute atomic E-state index is 0.568. The SMILES string of the molecule is C[Si](C)(C)OCCC(Br)(Br)C(Br)(Br)C(Br)(Br)C(Br)(Br)C(Br)(Br)C(Br)(Br)C(Br)(Br)C(Br)(Br)Br. The molecule has 0 saturated carbocycles. The van der Waals surface area contributed by atoms with E-state index >= 15 is 0 Å². The highest BCUT2D eigenvalue weighted by molar-refractivity contribution is 9.42. The Labute approximate surface area is 333 Å². The fourth-order valence-electron chi connectivity index (χ4n) is 1.84. The molecule has 0 unspecified atom stereocenters. The number of halogens is 17. The number of hydrogen-bond acceptors (Lipinski definition) is 1. The van der Waals surface area contributed by atoms with Gasteiger partial charge < -0.3 is 4.43 Å². The molecule has 0 fully saturated rings. The smallest absolute Gasteiger partial charge is 0.183 e. The van der Waals surface area contributed by atoms with Crippen LogP contribution in [0.15, 0.2) is 0 Å². The Morgan fingerprint density at radius 2 is 0.750 bits per heavy atom. The van der Waals surface area contributed by atoms with Gasteiger partial charge in [-0.3, -0.25) is 0 Å². The Morgan fingerprint density at radius 3 is 1.03 bits per heavy atom. The maximum Gasteiger partial charge on any atom is 0.183 e. The summed E-state index contributed by atoms with van der Waals surface area (Å²) >= 11 is 64.9. The predicted octanol–water partition coefficient (Wildman–Crippen LogP) is 14.5. The molecule has 1 nitrogen and oxygen atoms in total. The van der Waals surface area contributed by atoms with E-state index in [-0.39, 0.29) is 0 Å². The van der Waals surface area contributed by atoms with Gasteiger partial charge in [0.1, 0.15) is 22.6 Å². The second kappa shape index (κ2) is 13.5. The average Bonchev–Trinajstić information content (AvgIpc) is 2.50. The molecular weight excluding hydrogens is 1560 g/mol. The van der Waals surface area contributed by atoms with Crippen molar-refractivity contribution in [3.8, 4) is 0 Å². The van der Waals surface area contributed by atoms with Crippen LogP contribution >= 0.6 is 271 Å². The zero-order valence-electron chi connectivity index (χ0n) is 15.7. The summed E-state index contributed by atoms with van der Waals surface area (Å²) in [5, 5.41) is 0. The molecule has 0 bridgehead atoms. The third-order valence-electron chi connectivity index (χ3n) is 3.74. The minimum Gasteiger partial charge on any atom is -0.418 e. The van der Waals surface area contributed by atoms with Gasteiger partial charge in [0.15, 0.2) is 10.5 Å². The molecular formula is C13H13Br17OSi. The Hall–Kier alpha value is 8.34. The Kier molecular flexibility index (Phi) is 17.1. The predicted molar refractivity (Wildman–Crippen MR) is 208 cm³/mol. The second-order valence-corrected chi connectivity index (χ2v) is 43.1. The van der Waals surface area contributed by atoms with E-state index in [0.717, 1.165) is 0 Å². The maximum absolute atomic E-state index is 6.08. The van der Waals surface area contributed by atoms with Crippen LogP contribution in [0.5, 0.6) is 0 Å². The summed E-state index contributed by atoms with van der Waals surface area (Å²) in [7, 11) is -1.66. The summed E-state index contributed by atoms with van der Waals surface area (Å²) in [5.74, 6) is 0. The van der Waals surface area contributed by atoms with Crippen molar-refractivity contribution in [3.63, 3.8) is 0 Å². The van der Waals surface area contributed by atoms with Crippen LogP contribution in [0.1, 0.15) is 6.42 Å². The average molecular weight is 1570 g/mol. The van der Waals surface area contributed by atoms with Gasteiger partial charge in [0.05, 0.1) is 0 Å². The normalized spacial score (nSPS) is 16.5. The molecule has 0 rings (SSSR count). The van der Waals surface area contributed by atoms with Gasteiger partial charge >= 0.3 is 0 Å². The van der Waals surface area contributed by atoms with Gasteiger partial charge in [0, 0.05) is 6.61 Å².